The van der Waals surface area contributed by atoms with Crippen LogP contribution >= 0.6 is 0 Å². The van der Waals surface area contributed by atoms with Crippen molar-refractivity contribution in [3.05, 3.63) is 64.0 Å². The molecule has 36 heavy (non-hydrogen) atoms. The summed E-state index contributed by atoms with van der Waals surface area (Å²) in [5, 5.41) is 10.3. The summed E-state index contributed by atoms with van der Waals surface area (Å²) in [7, 11) is 0. The Balaban J connectivity index is 1.45. The van der Waals surface area contributed by atoms with Crippen LogP contribution in [0.3, 0.4) is 0 Å². The Hall–Kier alpha value is -2.91. The Labute approximate surface area is 213 Å². The number of nitriles is 1. The Bertz CT molecular complexity index is 1210. The minimum atomic E-state index is -0.335. The lowest BCUT2D eigenvalue weighted by molar-refractivity contribution is -0.134. The van der Waals surface area contributed by atoms with Crippen molar-refractivity contribution in [1.29, 1.82) is 5.26 Å². The topological polar surface area (TPSA) is 56.6 Å². The SMILES string of the molecule is CC(C)[C@@H]1CN(c2cc(C3CC3)c3c(c2C#N)CC(C)(C)OC3)CCN1C(=O)Cc1ccccc1F. The van der Waals surface area contributed by atoms with Gasteiger partial charge in [-0.3, -0.25) is 4.79 Å². The van der Waals surface area contributed by atoms with Gasteiger partial charge in [0.1, 0.15) is 11.9 Å². The van der Waals surface area contributed by atoms with Crippen LogP contribution in [0.1, 0.15) is 74.3 Å². The van der Waals surface area contributed by atoms with Crippen LogP contribution in [0.5, 0.6) is 0 Å². The number of amides is 1. The van der Waals surface area contributed by atoms with Crippen molar-refractivity contribution in [2.45, 2.75) is 77.5 Å². The molecule has 0 unspecified atom stereocenters. The molecule has 1 atom stereocenters. The summed E-state index contributed by atoms with van der Waals surface area (Å²) < 4.78 is 20.4. The molecule has 0 spiro atoms. The molecule has 1 amide bonds. The van der Waals surface area contributed by atoms with Crippen LogP contribution in [0.2, 0.25) is 0 Å². The molecule has 0 bridgehead atoms. The van der Waals surface area contributed by atoms with Crippen molar-refractivity contribution in [1.82, 2.24) is 4.90 Å². The second-order valence-corrected chi connectivity index (χ2v) is 11.5. The number of hydrogen-bond donors (Lipinski definition) is 0. The molecule has 2 aromatic carbocycles. The summed E-state index contributed by atoms with van der Waals surface area (Å²) in [5.41, 5.74) is 5.61. The molecule has 1 saturated heterocycles. The third kappa shape index (κ3) is 4.74. The lowest BCUT2D eigenvalue weighted by Gasteiger charge is -2.45. The van der Waals surface area contributed by atoms with Crippen molar-refractivity contribution < 1.29 is 13.9 Å². The maximum Gasteiger partial charge on any atom is 0.227 e. The lowest BCUT2D eigenvalue weighted by atomic mass is 9.83. The van der Waals surface area contributed by atoms with Gasteiger partial charge in [-0.05, 0) is 72.9 Å². The minimum absolute atomic E-state index is 0.00949. The molecule has 1 saturated carbocycles. The number of nitrogens with zero attached hydrogens (tertiary/aromatic N) is 3. The fourth-order valence-electron chi connectivity index (χ4n) is 5.84. The van der Waals surface area contributed by atoms with Crippen molar-refractivity contribution in [2.75, 3.05) is 24.5 Å². The van der Waals surface area contributed by atoms with Crippen LogP contribution < -0.4 is 4.90 Å². The van der Waals surface area contributed by atoms with Crippen LogP contribution in [0.15, 0.2) is 30.3 Å². The number of ether oxygens (including phenoxy) is 1. The molecule has 5 rings (SSSR count). The van der Waals surface area contributed by atoms with Crippen LogP contribution in [-0.2, 0) is 29.0 Å². The average Bonchev–Trinajstić information content (AvgIpc) is 3.69. The monoisotopic (exact) mass is 489 g/mol. The van der Waals surface area contributed by atoms with Crippen molar-refractivity contribution >= 4 is 11.6 Å². The van der Waals surface area contributed by atoms with Gasteiger partial charge in [0.25, 0.3) is 0 Å². The normalized spacial score (nSPS) is 21.3. The molecular weight excluding hydrogens is 453 g/mol. The van der Waals surface area contributed by atoms with Gasteiger partial charge in [-0.2, -0.15) is 5.26 Å². The number of carbonyl (C=O) groups is 1. The molecule has 2 aromatic rings. The van der Waals surface area contributed by atoms with E-state index in [1.54, 1.807) is 18.2 Å². The largest absolute Gasteiger partial charge is 0.371 e. The number of rotatable bonds is 5. The van der Waals surface area contributed by atoms with E-state index in [9.17, 15) is 14.4 Å². The van der Waals surface area contributed by atoms with E-state index in [4.69, 9.17) is 4.74 Å². The van der Waals surface area contributed by atoms with Gasteiger partial charge in [-0.25, -0.2) is 4.39 Å². The van der Waals surface area contributed by atoms with E-state index in [0.29, 0.717) is 37.7 Å². The molecule has 3 aliphatic rings. The highest BCUT2D eigenvalue weighted by Gasteiger charge is 2.38. The zero-order valence-electron chi connectivity index (χ0n) is 21.8. The molecule has 0 N–H and O–H groups in total. The molecule has 5 nitrogen and oxygen atoms in total. The minimum Gasteiger partial charge on any atom is -0.371 e. The fourth-order valence-corrected chi connectivity index (χ4v) is 5.84. The highest BCUT2D eigenvalue weighted by Crippen LogP contribution is 2.47. The van der Waals surface area contributed by atoms with Gasteiger partial charge in [0, 0.05) is 26.1 Å². The summed E-state index contributed by atoms with van der Waals surface area (Å²) in [6.07, 6.45) is 3.18. The first-order chi connectivity index (χ1) is 17.2. The third-order valence-corrected chi connectivity index (χ3v) is 8.05. The maximum absolute atomic E-state index is 14.2. The molecule has 190 valence electrons. The van der Waals surface area contributed by atoms with Gasteiger partial charge in [0.2, 0.25) is 5.91 Å². The predicted octanol–water partition coefficient (Wildman–Crippen LogP) is 5.34. The fraction of sp³-hybridized carbons (Fsp3) is 0.533. The molecule has 2 fully saturated rings. The lowest BCUT2D eigenvalue weighted by Crippen LogP contribution is -2.57. The predicted molar refractivity (Wildman–Crippen MR) is 138 cm³/mol. The number of hydrogen-bond acceptors (Lipinski definition) is 4. The molecule has 6 heteroatoms. The number of piperazine rings is 1. The van der Waals surface area contributed by atoms with E-state index < -0.39 is 0 Å². The van der Waals surface area contributed by atoms with Crippen molar-refractivity contribution in [3.63, 3.8) is 0 Å². The van der Waals surface area contributed by atoms with E-state index in [0.717, 1.165) is 23.2 Å². The van der Waals surface area contributed by atoms with Crippen LogP contribution in [0, 0.1) is 23.1 Å². The average molecular weight is 490 g/mol. The molecule has 2 heterocycles. The molecule has 0 radical (unpaired) electrons. The van der Waals surface area contributed by atoms with Gasteiger partial charge in [0.15, 0.2) is 0 Å². The molecule has 0 aromatic heterocycles. The Morgan fingerprint density at radius 1 is 1.22 bits per heavy atom. The van der Waals surface area contributed by atoms with Crippen LogP contribution in [0.25, 0.3) is 0 Å². The smallest absolute Gasteiger partial charge is 0.227 e. The second kappa shape index (κ2) is 9.52. The van der Waals surface area contributed by atoms with Gasteiger partial charge in [0.05, 0.1) is 35.9 Å². The van der Waals surface area contributed by atoms with E-state index in [1.807, 2.05) is 4.90 Å². The van der Waals surface area contributed by atoms with Crippen LogP contribution in [0.4, 0.5) is 10.1 Å². The van der Waals surface area contributed by atoms with E-state index in [2.05, 4.69) is 44.7 Å². The maximum atomic E-state index is 14.2. The molecule has 1 aliphatic carbocycles. The summed E-state index contributed by atoms with van der Waals surface area (Å²) in [6, 6.07) is 11.3. The number of carbonyl (C=O) groups excluding carboxylic acids is 1. The highest BCUT2D eigenvalue weighted by atomic mass is 19.1. The number of fused-ring (bicyclic) bond motifs is 1. The first kappa shape index (κ1) is 24.8. The van der Waals surface area contributed by atoms with Crippen molar-refractivity contribution in [2.24, 2.45) is 5.92 Å². The standard InChI is InChI=1S/C30H36FN3O2/c1-19(2)28-17-33(11-12-34(28)29(35)13-21-7-5-6-8-26(21)31)27-14-22(20-9-10-20)25-18-36-30(3,4)15-23(25)24(27)16-32/h5-8,14,19-20,28H,9-13,15,17-18H2,1-4H3/t28-/m0/s1. The number of halogens is 1. The van der Waals surface area contributed by atoms with E-state index >= 15 is 0 Å². The zero-order chi connectivity index (χ0) is 25.6. The Morgan fingerprint density at radius 3 is 2.64 bits per heavy atom. The third-order valence-electron chi connectivity index (χ3n) is 8.05. The van der Waals surface area contributed by atoms with Gasteiger partial charge in [-0.15, -0.1) is 0 Å². The summed E-state index contributed by atoms with van der Waals surface area (Å²) in [4.78, 5) is 17.5. The zero-order valence-corrected chi connectivity index (χ0v) is 21.8. The Kier molecular flexibility index (Phi) is 6.55. The molecule has 2 aliphatic heterocycles. The van der Waals surface area contributed by atoms with Gasteiger partial charge < -0.3 is 14.5 Å². The first-order valence-corrected chi connectivity index (χ1v) is 13.2. The summed E-state index contributed by atoms with van der Waals surface area (Å²) in [6.45, 7) is 10.9. The van der Waals surface area contributed by atoms with E-state index in [-0.39, 0.29) is 35.7 Å². The van der Waals surface area contributed by atoms with Gasteiger partial charge >= 0.3 is 0 Å². The molecular formula is C30H36FN3O2. The summed E-state index contributed by atoms with van der Waals surface area (Å²) >= 11 is 0. The second-order valence-electron chi connectivity index (χ2n) is 11.5. The number of anilines is 1. The quantitative estimate of drug-likeness (QED) is 0.569. The first-order valence-electron chi connectivity index (χ1n) is 13.2. The number of benzene rings is 2. The van der Waals surface area contributed by atoms with E-state index in [1.165, 1.54) is 30.0 Å². The van der Waals surface area contributed by atoms with Crippen molar-refractivity contribution in [3.8, 4) is 6.07 Å². The Morgan fingerprint density at radius 2 is 1.97 bits per heavy atom. The van der Waals surface area contributed by atoms with Crippen LogP contribution in [-0.4, -0.2) is 42.1 Å². The summed E-state index contributed by atoms with van der Waals surface area (Å²) in [5.74, 6) is 0.412. The highest BCUT2D eigenvalue weighted by molar-refractivity contribution is 5.80. The van der Waals surface area contributed by atoms with Gasteiger partial charge in [-0.1, -0.05) is 32.0 Å².